The summed E-state index contributed by atoms with van der Waals surface area (Å²) in [7, 11) is -3.77. The molecule has 29 heavy (non-hydrogen) atoms. The first-order valence-corrected chi connectivity index (χ1v) is 11.7. The van der Waals surface area contributed by atoms with E-state index >= 15 is 0 Å². The molecule has 0 heterocycles. The summed E-state index contributed by atoms with van der Waals surface area (Å²) in [6.07, 6.45) is 2.48. The van der Waals surface area contributed by atoms with Crippen LogP contribution in [0.1, 0.15) is 26.2 Å². The number of hydrogen-bond acceptors (Lipinski definition) is 5. The Morgan fingerprint density at radius 2 is 1.79 bits per heavy atom. The highest BCUT2D eigenvalue weighted by atomic mass is 32.2. The van der Waals surface area contributed by atoms with Gasteiger partial charge in [0.25, 0.3) is 0 Å². The Morgan fingerprint density at radius 1 is 1.10 bits per heavy atom. The summed E-state index contributed by atoms with van der Waals surface area (Å²) in [5.41, 5.74) is 1.22. The molecule has 1 aliphatic carbocycles. The number of thioether (sulfide) groups is 1. The van der Waals surface area contributed by atoms with Crippen LogP contribution in [0.4, 0.5) is 11.4 Å². The number of carbonyl (C=O) groups excluding carboxylic acids is 2. The van der Waals surface area contributed by atoms with Crippen molar-refractivity contribution in [3.63, 3.8) is 0 Å². The predicted octanol–water partition coefficient (Wildman–Crippen LogP) is 3.19. The average molecular weight is 434 g/mol. The minimum Gasteiger partial charge on any atom is -0.326 e. The van der Waals surface area contributed by atoms with Crippen LogP contribution in [0.5, 0.6) is 0 Å². The van der Waals surface area contributed by atoms with E-state index in [2.05, 4.69) is 10.6 Å². The van der Waals surface area contributed by atoms with E-state index in [-0.39, 0.29) is 27.9 Å². The van der Waals surface area contributed by atoms with Crippen LogP contribution in [0.3, 0.4) is 0 Å². The van der Waals surface area contributed by atoms with Gasteiger partial charge in [-0.3, -0.25) is 9.59 Å². The lowest BCUT2D eigenvalue weighted by atomic mass is 10.2. The van der Waals surface area contributed by atoms with Crippen LogP contribution in [0, 0.1) is 5.92 Å². The fourth-order valence-electron chi connectivity index (χ4n) is 2.67. The minimum absolute atomic E-state index is 0.0121. The fraction of sp³-hybridized carbons (Fsp3) is 0.300. The third kappa shape index (κ3) is 6.06. The van der Waals surface area contributed by atoms with Crippen LogP contribution in [0.15, 0.2) is 58.3 Å². The van der Waals surface area contributed by atoms with E-state index in [1.54, 1.807) is 0 Å². The van der Waals surface area contributed by atoms with Gasteiger partial charge in [-0.1, -0.05) is 13.0 Å². The van der Waals surface area contributed by atoms with Gasteiger partial charge in [0.15, 0.2) is 0 Å². The van der Waals surface area contributed by atoms with Gasteiger partial charge in [0.1, 0.15) is 0 Å². The predicted molar refractivity (Wildman–Crippen MR) is 114 cm³/mol. The summed E-state index contributed by atoms with van der Waals surface area (Å²) >= 11 is 1.41. The Balaban J connectivity index is 1.63. The molecule has 1 atom stereocenters. The molecule has 1 aliphatic rings. The second kappa shape index (κ2) is 8.98. The molecule has 1 unspecified atom stereocenters. The van der Waals surface area contributed by atoms with Gasteiger partial charge < -0.3 is 10.6 Å². The molecule has 7 nitrogen and oxygen atoms in total. The lowest BCUT2D eigenvalue weighted by Gasteiger charge is -2.15. The molecule has 2 aromatic rings. The number of rotatable bonds is 8. The number of benzene rings is 2. The molecule has 2 amide bonds. The average Bonchev–Trinajstić information content (AvgIpc) is 3.51. The molecule has 1 saturated carbocycles. The van der Waals surface area contributed by atoms with Crippen LogP contribution in [0.25, 0.3) is 0 Å². The molecule has 3 rings (SSSR count). The molecule has 154 valence electrons. The van der Waals surface area contributed by atoms with Gasteiger partial charge in [-0.2, -0.15) is 0 Å². The molecule has 4 N–H and O–H groups in total. The van der Waals surface area contributed by atoms with E-state index in [4.69, 9.17) is 5.14 Å². The topological polar surface area (TPSA) is 118 Å². The first kappa shape index (κ1) is 21.4. The molecular formula is C20H23N3O4S2. The molecule has 1 fully saturated rings. The summed E-state index contributed by atoms with van der Waals surface area (Å²) in [6, 6.07) is 13.2. The molecular weight excluding hydrogens is 410 g/mol. The zero-order valence-corrected chi connectivity index (χ0v) is 17.6. The highest BCUT2D eigenvalue weighted by molar-refractivity contribution is 8.00. The van der Waals surface area contributed by atoms with Crippen LogP contribution in [-0.2, 0) is 19.6 Å². The summed E-state index contributed by atoms with van der Waals surface area (Å²) < 4.78 is 22.6. The maximum Gasteiger partial charge on any atom is 0.238 e. The van der Waals surface area contributed by atoms with E-state index in [9.17, 15) is 18.0 Å². The van der Waals surface area contributed by atoms with E-state index in [1.165, 1.54) is 36.0 Å². The Bertz CT molecular complexity index is 1000. The van der Waals surface area contributed by atoms with E-state index in [1.807, 2.05) is 31.2 Å². The van der Waals surface area contributed by atoms with Gasteiger partial charge in [-0.15, -0.1) is 11.8 Å². The van der Waals surface area contributed by atoms with Crippen LogP contribution < -0.4 is 15.8 Å². The van der Waals surface area contributed by atoms with Gasteiger partial charge in [-0.25, -0.2) is 13.6 Å². The van der Waals surface area contributed by atoms with E-state index < -0.39 is 10.0 Å². The standard InChI is InChI=1S/C20H23N3O4S2/c1-2-18(20(25)22-14-8-10-17(11-9-14)29(21,26)27)28-16-5-3-4-15(12-16)23-19(24)13-6-7-13/h3-5,8-13,18H,2,6-7H2,1H3,(H,22,25)(H,23,24)(H2,21,26,27). The lowest BCUT2D eigenvalue weighted by molar-refractivity contribution is -0.117. The molecule has 0 radical (unpaired) electrons. The number of primary sulfonamides is 1. The zero-order chi connectivity index (χ0) is 21.0. The highest BCUT2D eigenvalue weighted by Gasteiger charge is 2.29. The second-order valence-electron chi connectivity index (χ2n) is 6.86. The molecule has 0 aromatic heterocycles. The second-order valence-corrected chi connectivity index (χ2v) is 9.70. The van der Waals surface area contributed by atoms with Crippen LogP contribution >= 0.6 is 11.8 Å². The van der Waals surface area contributed by atoms with E-state index in [0.717, 1.165) is 23.4 Å². The molecule has 0 bridgehead atoms. The minimum atomic E-state index is -3.77. The summed E-state index contributed by atoms with van der Waals surface area (Å²) in [4.78, 5) is 25.4. The van der Waals surface area contributed by atoms with Crippen LogP contribution in [-0.4, -0.2) is 25.5 Å². The number of nitrogens with two attached hydrogens (primary N) is 1. The molecule has 0 aliphatic heterocycles. The molecule has 2 aromatic carbocycles. The smallest absolute Gasteiger partial charge is 0.238 e. The number of sulfonamides is 1. The Kier molecular flexibility index (Phi) is 6.61. The van der Waals surface area contributed by atoms with Crippen molar-refractivity contribution in [3.05, 3.63) is 48.5 Å². The maximum atomic E-state index is 12.6. The normalized spacial score (nSPS) is 14.8. The van der Waals surface area contributed by atoms with Crippen molar-refractivity contribution in [1.82, 2.24) is 0 Å². The van der Waals surface area contributed by atoms with Crippen molar-refractivity contribution in [1.29, 1.82) is 0 Å². The van der Waals surface area contributed by atoms with Crippen LogP contribution in [0.2, 0.25) is 0 Å². The highest BCUT2D eigenvalue weighted by Crippen LogP contribution is 2.32. The number of amides is 2. The number of nitrogens with one attached hydrogen (secondary N) is 2. The Morgan fingerprint density at radius 3 is 2.38 bits per heavy atom. The largest absolute Gasteiger partial charge is 0.326 e. The van der Waals surface area contributed by atoms with Crippen molar-refractivity contribution >= 4 is 45.0 Å². The molecule has 0 saturated heterocycles. The van der Waals surface area contributed by atoms with Gasteiger partial charge in [0, 0.05) is 22.2 Å². The molecule has 0 spiro atoms. The SMILES string of the molecule is CCC(Sc1cccc(NC(=O)C2CC2)c1)C(=O)Nc1ccc(S(N)(=O)=O)cc1. The third-order valence-electron chi connectivity index (χ3n) is 4.44. The molecule has 9 heteroatoms. The third-order valence-corrected chi connectivity index (χ3v) is 6.73. The quantitative estimate of drug-likeness (QED) is 0.553. The summed E-state index contributed by atoms with van der Waals surface area (Å²) in [6.45, 7) is 1.92. The van der Waals surface area contributed by atoms with Crippen molar-refractivity contribution in [2.75, 3.05) is 10.6 Å². The van der Waals surface area contributed by atoms with Crippen molar-refractivity contribution in [2.24, 2.45) is 11.1 Å². The van der Waals surface area contributed by atoms with Crippen molar-refractivity contribution < 1.29 is 18.0 Å². The Hall–Kier alpha value is -2.36. The van der Waals surface area contributed by atoms with Gasteiger partial charge in [0.2, 0.25) is 21.8 Å². The summed E-state index contributed by atoms with van der Waals surface area (Å²) in [5, 5.41) is 10.4. The van der Waals surface area contributed by atoms with Gasteiger partial charge >= 0.3 is 0 Å². The van der Waals surface area contributed by atoms with Gasteiger partial charge in [-0.05, 0) is 61.7 Å². The lowest BCUT2D eigenvalue weighted by Crippen LogP contribution is -2.24. The number of hydrogen-bond donors (Lipinski definition) is 3. The maximum absolute atomic E-state index is 12.6. The van der Waals surface area contributed by atoms with Crippen molar-refractivity contribution in [3.8, 4) is 0 Å². The first-order chi connectivity index (χ1) is 13.8. The number of carbonyl (C=O) groups is 2. The number of anilines is 2. The summed E-state index contributed by atoms with van der Waals surface area (Å²) in [5.74, 6) is -0.0192. The monoisotopic (exact) mass is 433 g/mol. The first-order valence-electron chi connectivity index (χ1n) is 9.27. The van der Waals surface area contributed by atoms with Gasteiger partial charge in [0.05, 0.1) is 10.1 Å². The van der Waals surface area contributed by atoms with E-state index in [0.29, 0.717) is 12.1 Å². The Labute approximate surface area is 174 Å². The van der Waals surface area contributed by atoms with Crippen molar-refractivity contribution in [2.45, 2.75) is 41.2 Å². The zero-order valence-electron chi connectivity index (χ0n) is 15.9. The fourth-order valence-corrected chi connectivity index (χ4v) is 4.20.